The SMILES string of the molecule is COc1ccc([C@H]2CC(=O)C3=C(C2)Nc2ccccc2N[C@@H]3c2ccc(F)c(F)c2)cc1. The van der Waals surface area contributed by atoms with E-state index in [-0.39, 0.29) is 11.7 Å². The Morgan fingerprint density at radius 1 is 0.875 bits per heavy atom. The van der Waals surface area contributed by atoms with Crippen molar-refractivity contribution in [3.63, 3.8) is 0 Å². The van der Waals surface area contributed by atoms with Crippen LogP contribution in [0.3, 0.4) is 0 Å². The average Bonchev–Trinajstić information content (AvgIpc) is 2.98. The van der Waals surface area contributed by atoms with Gasteiger partial charge in [-0.2, -0.15) is 0 Å². The molecule has 2 atom stereocenters. The standard InChI is InChI=1S/C26H22F2N2O2/c1-32-18-9-6-15(7-10-18)17-13-23-25(24(31)14-17)26(16-8-11-19(27)20(28)12-16)30-22-5-3-2-4-21(22)29-23/h2-12,17,26,29-30H,13-14H2,1H3/t17-,26-/m1/s1. The van der Waals surface area contributed by atoms with Gasteiger partial charge in [0.25, 0.3) is 0 Å². The summed E-state index contributed by atoms with van der Waals surface area (Å²) in [4.78, 5) is 13.4. The molecule has 162 valence electrons. The number of benzene rings is 3. The van der Waals surface area contributed by atoms with Crippen molar-refractivity contribution < 1.29 is 18.3 Å². The highest BCUT2D eigenvalue weighted by Gasteiger charge is 2.36. The van der Waals surface area contributed by atoms with Crippen LogP contribution in [-0.2, 0) is 4.79 Å². The predicted molar refractivity (Wildman–Crippen MR) is 120 cm³/mol. The zero-order valence-electron chi connectivity index (χ0n) is 17.5. The summed E-state index contributed by atoms with van der Waals surface area (Å²) in [5, 5.41) is 6.82. The Morgan fingerprint density at radius 2 is 1.59 bits per heavy atom. The maximum atomic E-state index is 14.1. The highest BCUT2D eigenvalue weighted by Crippen LogP contribution is 2.44. The minimum atomic E-state index is -0.934. The van der Waals surface area contributed by atoms with E-state index in [1.807, 2.05) is 48.5 Å². The van der Waals surface area contributed by atoms with Crippen LogP contribution in [0.2, 0.25) is 0 Å². The summed E-state index contributed by atoms with van der Waals surface area (Å²) < 4.78 is 32.9. The second-order valence-electron chi connectivity index (χ2n) is 8.12. The van der Waals surface area contributed by atoms with Crippen molar-refractivity contribution in [2.75, 3.05) is 17.7 Å². The van der Waals surface area contributed by atoms with Crippen LogP contribution in [0.4, 0.5) is 20.2 Å². The molecule has 0 fully saturated rings. The molecule has 1 heterocycles. The number of Topliss-reactive ketones (excluding diaryl/α,β-unsaturated/α-hetero) is 1. The summed E-state index contributed by atoms with van der Waals surface area (Å²) >= 11 is 0. The quantitative estimate of drug-likeness (QED) is 0.537. The van der Waals surface area contributed by atoms with Crippen LogP contribution in [0.1, 0.15) is 35.9 Å². The number of rotatable bonds is 3. The number of ether oxygens (including phenoxy) is 1. The van der Waals surface area contributed by atoms with Crippen molar-refractivity contribution in [2.24, 2.45) is 0 Å². The molecule has 6 heteroatoms. The highest BCUT2D eigenvalue weighted by molar-refractivity contribution is 6.01. The molecule has 1 aliphatic heterocycles. The molecule has 0 aromatic heterocycles. The number of nitrogens with one attached hydrogen (secondary N) is 2. The van der Waals surface area contributed by atoms with Crippen molar-refractivity contribution in [1.29, 1.82) is 0 Å². The van der Waals surface area contributed by atoms with E-state index in [1.54, 1.807) is 7.11 Å². The van der Waals surface area contributed by atoms with Gasteiger partial charge in [-0.05, 0) is 59.9 Å². The van der Waals surface area contributed by atoms with Gasteiger partial charge < -0.3 is 15.4 Å². The lowest BCUT2D eigenvalue weighted by molar-refractivity contribution is -0.116. The number of halogens is 2. The van der Waals surface area contributed by atoms with Crippen molar-refractivity contribution in [1.82, 2.24) is 0 Å². The van der Waals surface area contributed by atoms with Gasteiger partial charge in [-0.3, -0.25) is 4.79 Å². The number of anilines is 2. The van der Waals surface area contributed by atoms with Crippen LogP contribution >= 0.6 is 0 Å². The second kappa shape index (κ2) is 8.11. The van der Waals surface area contributed by atoms with Gasteiger partial charge in [0.2, 0.25) is 0 Å². The van der Waals surface area contributed by atoms with Gasteiger partial charge in [-0.15, -0.1) is 0 Å². The first-order valence-electron chi connectivity index (χ1n) is 10.5. The molecule has 0 amide bonds. The van der Waals surface area contributed by atoms with Crippen LogP contribution in [0.15, 0.2) is 78.0 Å². The first-order valence-corrected chi connectivity index (χ1v) is 10.5. The molecule has 0 saturated carbocycles. The molecule has 2 N–H and O–H groups in total. The topological polar surface area (TPSA) is 50.4 Å². The van der Waals surface area contributed by atoms with E-state index in [0.29, 0.717) is 24.0 Å². The van der Waals surface area contributed by atoms with Crippen LogP contribution in [0.5, 0.6) is 5.75 Å². The fourth-order valence-corrected chi connectivity index (χ4v) is 4.55. The average molecular weight is 432 g/mol. The number of ketones is 1. The van der Waals surface area contributed by atoms with Gasteiger partial charge in [0.1, 0.15) is 5.75 Å². The molecule has 5 rings (SSSR count). The number of hydrogen-bond acceptors (Lipinski definition) is 4. The number of methoxy groups -OCH3 is 1. The summed E-state index contributed by atoms with van der Waals surface area (Å²) in [6.07, 6.45) is 0.967. The molecule has 0 spiro atoms. The number of carbonyl (C=O) groups is 1. The second-order valence-corrected chi connectivity index (χ2v) is 8.12. The summed E-state index contributed by atoms with van der Waals surface area (Å²) in [6.45, 7) is 0. The Morgan fingerprint density at radius 3 is 2.31 bits per heavy atom. The normalized spacial score (nSPS) is 19.9. The Kier molecular flexibility index (Phi) is 5.13. The molecular weight excluding hydrogens is 410 g/mol. The first-order chi connectivity index (χ1) is 15.5. The van der Waals surface area contributed by atoms with E-state index < -0.39 is 17.7 Å². The Hall–Kier alpha value is -3.67. The molecule has 32 heavy (non-hydrogen) atoms. The van der Waals surface area contributed by atoms with Crippen molar-refractivity contribution in [3.05, 3.63) is 101 Å². The van der Waals surface area contributed by atoms with E-state index in [2.05, 4.69) is 10.6 Å². The van der Waals surface area contributed by atoms with E-state index in [0.717, 1.165) is 40.5 Å². The van der Waals surface area contributed by atoms with Crippen LogP contribution in [-0.4, -0.2) is 12.9 Å². The van der Waals surface area contributed by atoms with Crippen molar-refractivity contribution in [3.8, 4) is 5.75 Å². The summed E-state index contributed by atoms with van der Waals surface area (Å²) in [7, 11) is 1.62. The number of hydrogen-bond donors (Lipinski definition) is 2. The van der Waals surface area contributed by atoms with Gasteiger partial charge >= 0.3 is 0 Å². The molecule has 0 saturated heterocycles. The van der Waals surface area contributed by atoms with Crippen LogP contribution < -0.4 is 15.4 Å². The van der Waals surface area contributed by atoms with Crippen molar-refractivity contribution >= 4 is 17.2 Å². The summed E-state index contributed by atoms with van der Waals surface area (Å²) in [5.41, 5.74) is 4.57. The van der Waals surface area contributed by atoms with E-state index in [9.17, 15) is 13.6 Å². The van der Waals surface area contributed by atoms with E-state index in [4.69, 9.17) is 4.74 Å². The molecule has 0 unspecified atom stereocenters. The molecule has 3 aromatic rings. The van der Waals surface area contributed by atoms with E-state index >= 15 is 0 Å². The lowest BCUT2D eigenvalue weighted by Crippen LogP contribution is -2.27. The summed E-state index contributed by atoms with van der Waals surface area (Å²) in [6, 6.07) is 18.6. The van der Waals surface area contributed by atoms with Gasteiger partial charge in [0.15, 0.2) is 17.4 Å². The van der Waals surface area contributed by atoms with Crippen LogP contribution in [0.25, 0.3) is 0 Å². The molecule has 2 aliphatic rings. The maximum absolute atomic E-state index is 14.1. The zero-order valence-corrected chi connectivity index (χ0v) is 17.5. The Labute approximate surface area is 184 Å². The minimum Gasteiger partial charge on any atom is -0.497 e. The van der Waals surface area contributed by atoms with Gasteiger partial charge in [-0.25, -0.2) is 8.78 Å². The molecule has 0 radical (unpaired) electrons. The van der Waals surface area contributed by atoms with Gasteiger partial charge in [-0.1, -0.05) is 30.3 Å². The number of carbonyl (C=O) groups excluding carboxylic acids is 1. The van der Waals surface area contributed by atoms with E-state index in [1.165, 1.54) is 6.07 Å². The largest absolute Gasteiger partial charge is 0.497 e. The number of para-hydroxylation sites is 2. The minimum absolute atomic E-state index is 0.00974. The monoisotopic (exact) mass is 432 g/mol. The fraction of sp³-hybridized carbons (Fsp3) is 0.192. The van der Waals surface area contributed by atoms with Gasteiger partial charge in [0.05, 0.1) is 24.5 Å². The molecule has 0 bridgehead atoms. The van der Waals surface area contributed by atoms with Crippen LogP contribution in [0, 0.1) is 11.6 Å². The first kappa shape index (κ1) is 20.2. The zero-order chi connectivity index (χ0) is 22.2. The fourth-order valence-electron chi connectivity index (χ4n) is 4.55. The lowest BCUT2D eigenvalue weighted by atomic mass is 9.78. The maximum Gasteiger partial charge on any atom is 0.163 e. The Balaban J connectivity index is 1.59. The summed E-state index contributed by atoms with van der Waals surface area (Å²) in [5.74, 6) is -1.09. The third-order valence-corrected chi connectivity index (χ3v) is 6.17. The van der Waals surface area contributed by atoms with Crippen molar-refractivity contribution in [2.45, 2.75) is 24.8 Å². The predicted octanol–water partition coefficient (Wildman–Crippen LogP) is 5.95. The molecular formula is C26H22F2N2O2. The number of fused-ring (bicyclic) bond motifs is 1. The third-order valence-electron chi connectivity index (χ3n) is 6.17. The van der Waals surface area contributed by atoms with Gasteiger partial charge in [0, 0.05) is 17.7 Å². The highest BCUT2D eigenvalue weighted by atomic mass is 19.2. The number of allylic oxidation sites excluding steroid dienone is 1. The smallest absolute Gasteiger partial charge is 0.163 e. The molecule has 1 aliphatic carbocycles. The third kappa shape index (κ3) is 3.62. The molecule has 3 aromatic carbocycles. The molecule has 4 nitrogen and oxygen atoms in total. The Bertz CT molecular complexity index is 1220. The lowest BCUT2D eigenvalue weighted by Gasteiger charge is -2.30.